The molecular weight excluding hydrogens is 168 g/mol. The molecule has 13 heavy (non-hydrogen) atoms. The molecule has 4 heteroatoms. The molecule has 1 amide bonds. The smallest absolute Gasteiger partial charge is 0.405 e. The summed E-state index contributed by atoms with van der Waals surface area (Å²) in [4.78, 5) is 10.6. The zero-order valence-corrected chi connectivity index (χ0v) is 8.89. The van der Waals surface area contributed by atoms with Crippen LogP contribution in [0.2, 0.25) is 0 Å². The lowest BCUT2D eigenvalue weighted by Gasteiger charge is -2.33. The van der Waals surface area contributed by atoms with Crippen molar-refractivity contribution in [2.24, 2.45) is 16.9 Å². The molecule has 0 aromatic carbocycles. The number of carbonyl (C=O) groups excluding carboxylic acids is 1. The maximum absolute atomic E-state index is 10.6. The second-order valence-corrected chi connectivity index (χ2v) is 4.73. The summed E-state index contributed by atoms with van der Waals surface area (Å²) >= 11 is 0. The Morgan fingerprint density at radius 2 is 1.77 bits per heavy atom. The summed E-state index contributed by atoms with van der Waals surface area (Å²) in [6, 6.07) is 0. The van der Waals surface area contributed by atoms with Crippen LogP contribution in [0.25, 0.3) is 0 Å². The van der Waals surface area contributed by atoms with Crippen LogP contribution in [0.15, 0.2) is 0 Å². The second kappa shape index (κ2) is 3.96. The van der Waals surface area contributed by atoms with E-state index in [0.717, 1.165) is 0 Å². The van der Waals surface area contributed by atoms with Crippen molar-refractivity contribution in [3.05, 3.63) is 0 Å². The first kappa shape index (κ1) is 12.2. The highest BCUT2D eigenvalue weighted by Crippen LogP contribution is 2.28. The predicted molar refractivity (Wildman–Crippen MR) is 52.2 cm³/mol. The van der Waals surface area contributed by atoms with Gasteiger partial charge in [0.15, 0.2) is 0 Å². The SMILES string of the molecule is CC(C)(CN)CC(C)(C)OC(N)=O. The molecule has 0 atom stereocenters. The molecule has 0 heterocycles. The number of nitrogens with two attached hydrogens (primary N) is 2. The number of carbonyl (C=O) groups is 1. The van der Waals surface area contributed by atoms with Crippen molar-refractivity contribution < 1.29 is 9.53 Å². The van der Waals surface area contributed by atoms with E-state index in [9.17, 15) is 4.79 Å². The normalized spacial score (nSPS) is 12.7. The highest BCUT2D eigenvalue weighted by atomic mass is 16.6. The van der Waals surface area contributed by atoms with E-state index < -0.39 is 11.7 Å². The summed E-state index contributed by atoms with van der Waals surface area (Å²) < 4.78 is 4.96. The van der Waals surface area contributed by atoms with Crippen LogP contribution in [-0.2, 0) is 4.74 Å². The molecule has 0 saturated heterocycles. The fraction of sp³-hybridized carbons (Fsp3) is 0.889. The van der Waals surface area contributed by atoms with E-state index in [4.69, 9.17) is 16.2 Å². The van der Waals surface area contributed by atoms with Gasteiger partial charge in [-0.1, -0.05) is 13.8 Å². The fourth-order valence-corrected chi connectivity index (χ4v) is 1.53. The molecule has 0 saturated carbocycles. The van der Waals surface area contributed by atoms with Gasteiger partial charge in [0.1, 0.15) is 5.60 Å². The maximum Gasteiger partial charge on any atom is 0.405 e. The van der Waals surface area contributed by atoms with E-state index in [2.05, 4.69) is 0 Å². The summed E-state index contributed by atoms with van der Waals surface area (Å²) in [6.45, 7) is 8.26. The Hall–Kier alpha value is -0.770. The maximum atomic E-state index is 10.6. The fourth-order valence-electron chi connectivity index (χ4n) is 1.53. The van der Waals surface area contributed by atoms with Gasteiger partial charge in [-0.3, -0.25) is 0 Å². The molecule has 4 N–H and O–H groups in total. The number of ether oxygens (including phenoxy) is 1. The minimum absolute atomic E-state index is 0.0427. The van der Waals surface area contributed by atoms with Crippen molar-refractivity contribution in [2.75, 3.05) is 6.54 Å². The molecule has 0 rings (SSSR count). The van der Waals surface area contributed by atoms with Crippen LogP contribution in [0.4, 0.5) is 4.79 Å². The molecule has 0 fully saturated rings. The Kier molecular flexibility index (Phi) is 3.72. The zero-order chi connectivity index (χ0) is 10.7. The number of hydrogen-bond donors (Lipinski definition) is 2. The van der Waals surface area contributed by atoms with Gasteiger partial charge >= 0.3 is 6.09 Å². The minimum atomic E-state index is -0.738. The predicted octanol–water partition coefficient (Wildman–Crippen LogP) is 1.24. The van der Waals surface area contributed by atoms with E-state index in [1.807, 2.05) is 27.7 Å². The standard InChI is InChI=1S/C9H20N2O2/c1-8(2,6-10)5-9(3,4)13-7(11)12/h5-6,10H2,1-4H3,(H2,11,12). The molecule has 0 aliphatic rings. The minimum Gasteiger partial charge on any atom is -0.444 e. The third kappa shape index (κ3) is 5.47. The van der Waals surface area contributed by atoms with Crippen molar-refractivity contribution in [3.63, 3.8) is 0 Å². The third-order valence-electron chi connectivity index (χ3n) is 1.83. The molecular formula is C9H20N2O2. The molecule has 0 aliphatic carbocycles. The summed E-state index contributed by atoms with van der Waals surface area (Å²) in [5.74, 6) is 0. The lowest BCUT2D eigenvalue weighted by Crippen LogP contribution is -2.38. The van der Waals surface area contributed by atoms with Crippen molar-refractivity contribution in [3.8, 4) is 0 Å². The van der Waals surface area contributed by atoms with Crippen molar-refractivity contribution in [2.45, 2.75) is 39.7 Å². The average Bonchev–Trinajstić information content (AvgIpc) is 1.81. The number of hydrogen-bond acceptors (Lipinski definition) is 3. The van der Waals surface area contributed by atoms with Crippen LogP contribution >= 0.6 is 0 Å². The van der Waals surface area contributed by atoms with Crippen LogP contribution in [-0.4, -0.2) is 18.2 Å². The molecule has 0 aromatic heterocycles. The van der Waals surface area contributed by atoms with Gasteiger partial charge in [0.25, 0.3) is 0 Å². The molecule has 0 spiro atoms. The van der Waals surface area contributed by atoms with Gasteiger partial charge in [0.05, 0.1) is 0 Å². The quantitative estimate of drug-likeness (QED) is 0.696. The van der Waals surface area contributed by atoms with Crippen LogP contribution in [0.3, 0.4) is 0 Å². The first-order chi connectivity index (χ1) is 5.68. The molecule has 78 valence electrons. The van der Waals surface area contributed by atoms with E-state index in [1.165, 1.54) is 0 Å². The Morgan fingerprint density at radius 1 is 1.31 bits per heavy atom. The first-order valence-corrected chi connectivity index (χ1v) is 4.37. The van der Waals surface area contributed by atoms with E-state index in [-0.39, 0.29) is 5.41 Å². The van der Waals surface area contributed by atoms with Crippen LogP contribution in [0, 0.1) is 5.41 Å². The third-order valence-corrected chi connectivity index (χ3v) is 1.83. The Morgan fingerprint density at radius 3 is 2.08 bits per heavy atom. The molecule has 4 nitrogen and oxygen atoms in total. The first-order valence-electron chi connectivity index (χ1n) is 4.37. The molecule has 0 unspecified atom stereocenters. The lowest BCUT2D eigenvalue weighted by molar-refractivity contribution is 0.0135. The highest BCUT2D eigenvalue weighted by molar-refractivity contribution is 5.65. The van der Waals surface area contributed by atoms with E-state index in [1.54, 1.807) is 0 Å². The van der Waals surface area contributed by atoms with Gasteiger partial charge in [-0.2, -0.15) is 0 Å². The summed E-state index contributed by atoms with van der Waals surface area (Å²) in [5.41, 5.74) is 9.93. The molecule has 0 aliphatic heterocycles. The zero-order valence-electron chi connectivity index (χ0n) is 8.89. The van der Waals surface area contributed by atoms with Crippen LogP contribution in [0.5, 0.6) is 0 Å². The molecule has 0 bridgehead atoms. The van der Waals surface area contributed by atoms with Crippen molar-refractivity contribution in [1.82, 2.24) is 0 Å². The van der Waals surface area contributed by atoms with Crippen LogP contribution < -0.4 is 11.5 Å². The lowest BCUT2D eigenvalue weighted by atomic mass is 9.82. The topological polar surface area (TPSA) is 78.3 Å². The number of primary amides is 1. The molecule has 0 aromatic rings. The van der Waals surface area contributed by atoms with E-state index >= 15 is 0 Å². The van der Waals surface area contributed by atoms with Gasteiger partial charge in [-0.05, 0) is 32.2 Å². The average molecular weight is 188 g/mol. The Balaban J connectivity index is 4.24. The van der Waals surface area contributed by atoms with Gasteiger partial charge in [0, 0.05) is 0 Å². The Labute approximate surface area is 79.6 Å². The summed E-state index contributed by atoms with van der Waals surface area (Å²) in [6.07, 6.45) is -0.0442. The largest absolute Gasteiger partial charge is 0.444 e. The highest BCUT2D eigenvalue weighted by Gasteiger charge is 2.30. The summed E-state index contributed by atoms with van der Waals surface area (Å²) in [5, 5.41) is 0. The van der Waals surface area contributed by atoms with Gasteiger partial charge in [-0.25, -0.2) is 4.79 Å². The van der Waals surface area contributed by atoms with Crippen molar-refractivity contribution >= 4 is 6.09 Å². The Bertz CT molecular complexity index is 188. The van der Waals surface area contributed by atoms with Crippen molar-refractivity contribution in [1.29, 1.82) is 0 Å². The number of amides is 1. The van der Waals surface area contributed by atoms with E-state index in [0.29, 0.717) is 13.0 Å². The van der Waals surface area contributed by atoms with Gasteiger partial charge in [-0.15, -0.1) is 0 Å². The number of rotatable bonds is 4. The van der Waals surface area contributed by atoms with Gasteiger partial charge in [0.2, 0.25) is 0 Å². The van der Waals surface area contributed by atoms with Gasteiger partial charge < -0.3 is 16.2 Å². The van der Waals surface area contributed by atoms with Crippen LogP contribution in [0.1, 0.15) is 34.1 Å². The monoisotopic (exact) mass is 188 g/mol. The second-order valence-electron chi connectivity index (χ2n) is 4.73. The molecule has 0 radical (unpaired) electrons. The summed E-state index contributed by atoms with van der Waals surface area (Å²) in [7, 11) is 0.